The SMILES string of the molecule is N#CC(=C(O)COC(=O)[C@@H]1CCCO1)c1nc2ccccc2[nH]1. The molecule has 1 aliphatic heterocycles. The van der Waals surface area contributed by atoms with Crippen LogP contribution in [-0.2, 0) is 14.3 Å². The summed E-state index contributed by atoms with van der Waals surface area (Å²) in [7, 11) is 0. The van der Waals surface area contributed by atoms with Crippen LogP contribution in [0, 0.1) is 11.3 Å². The Morgan fingerprint density at radius 1 is 1.52 bits per heavy atom. The van der Waals surface area contributed by atoms with Crippen LogP contribution >= 0.6 is 0 Å². The average molecular weight is 313 g/mol. The first-order valence-electron chi connectivity index (χ1n) is 7.24. The number of carbonyl (C=O) groups excluding carboxylic acids is 1. The van der Waals surface area contributed by atoms with Crippen molar-refractivity contribution in [2.45, 2.75) is 18.9 Å². The summed E-state index contributed by atoms with van der Waals surface area (Å²) < 4.78 is 10.2. The molecule has 1 atom stereocenters. The van der Waals surface area contributed by atoms with Crippen LogP contribution in [0.25, 0.3) is 16.6 Å². The monoisotopic (exact) mass is 313 g/mol. The van der Waals surface area contributed by atoms with E-state index in [9.17, 15) is 15.2 Å². The van der Waals surface area contributed by atoms with Gasteiger partial charge in [0.15, 0.2) is 17.7 Å². The van der Waals surface area contributed by atoms with E-state index in [4.69, 9.17) is 9.47 Å². The Hall–Kier alpha value is -2.85. The molecule has 23 heavy (non-hydrogen) atoms. The van der Waals surface area contributed by atoms with Gasteiger partial charge < -0.3 is 19.6 Å². The fraction of sp³-hybridized carbons (Fsp3) is 0.312. The van der Waals surface area contributed by atoms with Gasteiger partial charge in [-0.15, -0.1) is 0 Å². The summed E-state index contributed by atoms with van der Waals surface area (Å²) >= 11 is 0. The molecule has 1 fully saturated rings. The van der Waals surface area contributed by atoms with E-state index in [1.807, 2.05) is 24.3 Å². The number of nitrogens with zero attached hydrogens (tertiary/aromatic N) is 2. The van der Waals surface area contributed by atoms with E-state index in [1.165, 1.54) is 0 Å². The molecule has 0 saturated carbocycles. The number of aliphatic hydroxyl groups excluding tert-OH is 1. The number of para-hydroxylation sites is 2. The zero-order valence-corrected chi connectivity index (χ0v) is 12.3. The van der Waals surface area contributed by atoms with Crippen LogP contribution in [0.1, 0.15) is 18.7 Å². The van der Waals surface area contributed by atoms with E-state index in [0.717, 1.165) is 11.9 Å². The number of allylic oxidation sites excluding steroid dienone is 1. The Labute approximate surface area is 132 Å². The Balaban J connectivity index is 1.76. The van der Waals surface area contributed by atoms with Crippen LogP contribution in [0.5, 0.6) is 0 Å². The van der Waals surface area contributed by atoms with E-state index in [2.05, 4.69) is 9.97 Å². The van der Waals surface area contributed by atoms with E-state index in [-0.39, 0.29) is 17.2 Å². The quantitative estimate of drug-likeness (QED) is 0.508. The lowest BCUT2D eigenvalue weighted by Crippen LogP contribution is -2.23. The average Bonchev–Trinajstić information content (AvgIpc) is 3.22. The predicted molar refractivity (Wildman–Crippen MR) is 81.2 cm³/mol. The fourth-order valence-electron chi connectivity index (χ4n) is 2.39. The second kappa shape index (κ2) is 6.50. The minimum Gasteiger partial charge on any atom is -0.507 e. The molecule has 0 bridgehead atoms. The molecule has 0 amide bonds. The molecule has 118 valence electrons. The van der Waals surface area contributed by atoms with Crippen LogP contribution in [0.4, 0.5) is 0 Å². The highest BCUT2D eigenvalue weighted by Crippen LogP contribution is 2.19. The van der Waals surface area contributed by atoms with Gasteiger partial charge >= 0.3 is 5.97 Å². The minimum absolute atomic E-state index is 0.0543. The maximum Gasteiger partial charge on any atom is 0.335 e. The van der Waals surface area contributed by atoms with E-state index < -0.39 is 18.7 Å². The van der Waals surface area contributed by atoms with Crippen molar-refractivity contribution in [1.82, 2.24) is 9.97 Å². The number of fused-ring (bicyclic) bond motifs is 1. The van der Waals surface area contributed by atoms with Gasteiger partial charge in [0.25, 0.3) is 0 Å². The number of esters is 1. The molecule has 2 heterocycles. The number of H-pyrrole nitrogens is 1. The molecule has 0 spiro atoms. The van der Waals surface area contributed by atoms with Gasteiger partial charge in [-0.05, 0) is 25.0 Å². The standard InChI is InChI=1S/C16H15N3O4/c17-8-10(15-18-11-4-1-2-5-12(11)19-15)13(20)9-23-16(21)14-6-3-7-22-14/h1-2,4-5,14,20H,3,6-7,9H2,(H,18,19)/t14-/m0/s1. The van der Waals surface area contributed by atoms with Crippen LogP contribution in [0.3, 0.4) is 0 Å². The van der Waals surface area contributed by atoms with Crippen LogP contribution in [0.2, 0.25) is 0 Å². The molecule has 1 aliphatic rings. The molecule has 2 N–H and O–H groups in total. The number of carbonyl (C=O) groups is 1. The summed E-state index contributed by atoms with van der Waals surface area (Å²) in [6.45, 7) is 0.142. The number of rotatable bonds is 4. The molecule has 3 rings (SSSR count). The molecule has 1 saturated heterocycles. The lowest BCUT2D eigenvalue weighted by molar-refractivity contribution is -0.153. The number of aromatic amines is 1. The van der Waals surface area contributed by atoms with Gasteiger partial charge in [-0.2, -0.15) is 5.26 Å². The van der Waals surface area contributed by atoms with Crippen molar-refractivity contribution in [2.75, 3.05) is 13.2 Å². The predicted octanol–water partition coefficient (Wildman–Crippen LogP) is 2.08. The van der Waals surface area contributed by atoms with Gasteiger partial charge in [0.05, 0.1) is 11.0 Å². The third-order valence-corrected chi connectivity index (χ3v) is 3.57. The van der Waals surface area contributed by atoms with Crippen molar-refractivity contribution in [3.63, 3.8) is 0 Å². The smallest absolute Gasteiger partial charge is 0.335 e. The Morgan fingerprint density at radius 3 is 3.04 bits per heavy atom. The third-order valence-electron chi connectivity index (χ3n) is 3.57. The van der Waals surface area contributed by atoms with Gasteiger partial charge in [0.1, 0.15) is 18.2 Å². The Morgan fingerprint density at radius 2 is 2.35 bits per heavy atom. The summed E-state index contributed by atoms with van der Waals surface area (Å²) in [5, 5.41) is 19.3. The van der Waals surface area contributed by atoms with Crippen molar-refractivity contribution < 1.29 is 19.4 Å². The minimum atomic E-state index is -0.584. The fourth-order valence-corrected chi connectivity index (χ4v) is 2.39. The summed E-state index contributed by atoms with van der Waals surface area (Å²) in [4.78, 5) is 19.0. The summed E-state index contributed by atoms with van der Waals surface area (Å²) in [5.74, 6) is -0.645. The summed E-state index contributed by atoms with van der Waals surface area (Å²) in [6, 6.07) is 9.15. The highest BCUT2D eigenvalue weighted by molar-refractivity contribution is 5.83. The van der Waals surface area contributed by atoms with Crippen LogP contribution < -0.4 is 0 Å². The van der Waals surface area contributed by atoms with E-state index >= 15 is 0 Å². The number of nitriles is 1. The lowest BCUT2D eigenvalue weighted by Gasteiger charge is -2.09. The number of hydrogen-bond donors (Lipinski definition) is 2. The first kappa shape index (κ1) is 15.1. The molecule has 7 nitrogen and oxygen atoms in total. The number of ether oxygens (including phenoxy) is 2. The largest absolute Gasteiger partial charge is 0.507 e. The van der Waals surface area contributed by atoms with Crippen molar-refractivity contribution in [1.29, 1.82) is 5.26 Å². The summed E-state index contributed by atoms with van der Waals surface area (Å²) in [6.07, 6.45) is 0.835. The van der Waals surface area contributed by atoms with E-state index in [0.29, 0.717) is 18.5 Å². The first-order valence-corrected chi connectivity index (χ1v) is 7.24. The molecule has 2 aromatic rings. The third kappa shape index (κ3) is 3.17. The second-order valence-electron chi connectivity index (χ2n) is 5.15. The second-order valence-corrected chi connectivity index (χ2v) is 5.15. The van der Waals surface area contributed by atoms with Crippen LogP contribution in [-0.4, -0.2) is 40.4 Å². The number of aliphatic hydroxyl groups is 1. The van der Waals surface area contributed by atoms with Crippen molar-refractivity contribution in [3.05, 3.63) is 35.8 Å². The molecule has 0 radical (unpaired) electrons. The number of nitrogens with one attached hydrogen (secondary N) is 1. The van der Waals surface area contributed by atoms with Gasteiger partial charge in [-0.1, -0.05) is 12.1 Å². The number of hydrogen-bond acceptors (Lipinski definition) is 6. The van der Waals surface area contributed by atoms with Crippen LogP contribution in [0.15, 0.2) is 30.0 Å². The highest BCUT2D eigenvalue weighted by Gasteiger charge is 2.25. The van der Waals surface area contributed by atoms with Crippen molar-refractivity contribution >= 4 is 22.6 Å². The Kier molecular flexibility index (Phi) is 4.26. The van der Waals surface area contributed by atoms with Gasteiger partial charge in [-0.3, -0.25) is 0 Å². The number of imidazole rings is 1. The lowest BCUT2D eigenvalue weighted by atomic mass is 10.2. The Bertz CT molecular complexity index is 764. The van der Waals surface area contributed by atoms with Gasteiger partial charge in [-0.25, -0.2) is 9.78 Å². The zero-order chi connectivity index (χ0) is 16.2. The molecular formula is C16H15N3O4. The van der Waals surface area contributed by atoms with Gasteiger partial charge in [0, 0.05) is 6.61 Å². The maximum absolute atomic E-state index is 11.8. The molecule has 1 aromatic heterocycles. The maximum atomic E-state index is 11.8. The molecular weight excluding hydrogens is 298 g/mol. The normalized spacial score (nSPS) is 18.5. The zero-order valence-electron chi connectivity index (χ0n) is 12.3. The van der Waals surface area contributed by atoms with Crippen molar-refractivity contribution in [2.24, 2.45) is 0 Å². The topological polar surface area (TPSA) is 108 Å². The molecule has 0 aliphatic carbocycles. The summed E-state index contributed by atoms with van der Waals surface area (Å²) in [5.41, 5.74) is 1.38. The number of benzene rings is 1. The van der Waals surface area contributed by atoms with Crippen molar-refractivity contribution in [3.8, 4) is 6.07 Å². The number of aromatic nitrogens is 2. The molecule has 0 unspecified atom stereocenters. The first-order chi connectivity index (χ1) is 11.2. The van der Waals surface area contributed by atoms with Gasteiger partial charge in [0.2, 0.25) is 0 Å². The highest BCUT2D eigenvalue weighted by atomic mass is 16.6. The van der Waals surface area contributed by atoms with E-state index in [1.54, 1.807) is 6.07 Å². The molecule has 1 aromatic carbocycles. The molecule has 7 heteroatoms.